The second kappa shape index (κ2) is 6.40. The van der Waals surface area contributed by atoms with Crippen LogP contribution < -0.4 is 5.32 Å². The second-order valence-electron chi connectivity index (χ2n) is 6.04. The molecule has 1 aliphatic heterocycles. The average Bonchev–Trinajstić information content (AvgIpc) is 2.83. The molecule has 3 heteroatoms. The van der Waals surface area contributed by atoms with E-state index in [9.17, 15) is 4.79 Å². The number of nitrogens with one attached hydrogen (secondary N) is 1. The summed E-state index contributed by atoms with van der Waals surface area (Å²) in [6, 6.07) is 10.3. The third-order valence-corrected chi connectivity index (χ3v) is 4.65. The van der Waals surface area contributed by atoms with E-state index in [1.807, 2.05) is 30.3 Å². The number of hydrogen-bond donors (Lipinski definition) is 1. The lowest BCUT2D eigenvalue weighted by atomic mass is 9.99. The zero-order valence-electron chi connectivity index (χ0n) is 11.9. The van der Waals surface area contributed by atoms with Gasteiger partial charge in [0.15, 0.2) is 0 Å². The van der Waals surface area contributed by atoms with E-state index in [4.69, 9.17) is 4.74 Å². The predicted octanol–water partition coefficient (Wildman–Crippen LogP) is 3.04. The number of benzene rings is 1. The van der Waals surface area contributed by atoms with Crippen LogP contribution in [0.3, 0.4) is 0 Å². The van der Waals surface area contributed by atoms with Crippen molar-refractivity contribution in [2.24, 2.45) is 5.92 Å². The summed E-state index contributed by atoms with van der Waals surface area (Å²) >= 11 is 0. The Kier molecular flexibility index (Phi) is 4.36. The number of fused-ring (bicyclic) bond motifs is 1. The van der Waals surface area contributed by atoms with Gasteiger partial charge in [-0.3, -0.25) is 4.79 Å². The highest BCUT2D eigenvalue weighted by Gasteiger charge is 2.34. The van der Waals surface area contributed by atoms with Crippen LogP contribution in [0.15, 0.2) is 30.3 Å². The molecule has 1 heterocycles. The minimum atomic E-state index is -0.105. The Morgan fingerprint density at radius 3 is 2.65 bits per heavy atom. The first kappa shape index (κ1) is 13.6. The molecule has 0 bridgehead atoms. The molecule has 0 spiro atoms. The molecule has 0 radical (unpaired) electrons. The van der Waals surface area contributed by atoms with Gasteiger partial charge in [-0.1, -0.05) is 43.2 Å². The van der Waals surface area contributed by atoms with E-state index in [1.165, 1.54) is 25.7 Å². The first-order chi connectivity index (χ1) is 9.83. The summed E-state index contributed by atoms with van der Waals surface area (Å²) in [5.41, 5.74) is 1.05. The van der Waals surface area contributed by atoms with Crippen molar-refractivity contribution in [3.8, 4) is 0 Å². The predicted molar refractivity (Wildman–Crippen MR) is 78.1 cm³/mol. The van der Waals surface area contributed by atoms with Crippen molar-refractivity contribution in [2.45, 2.75) is 57.2 Å². The van der Waals surface area contributed by atoms with E-state index >= 15 is 0 Å². The summed E-state index contributed by atoms with van der Waals surface area (Å²) < 4.78 is 5.47. The normalized spacial score (nSPS) is 29.5. The van der Waals surface area contributed by atoms with Gasteiger partial charge in [-0.15, -0.1) is 0 Å². The van der Waals surface area contributed by atoms with Gasteiger partial charge in [0.25, 0.3) is 0 Å². The molecule has 1 saturated heterocycles. The first-order valence-electron chi connectivity index (χ1n) is 7.79. The third kappa shape index (κ3) is 3.21. The highest BCUT2D eigenvalue weighted by molar-refractivity contribution is 5.75. The van der Waals surface area contributed by atoms with Crippen molar-refractivity contribution in [1.82, 2.24) is 5.32 Å². The highest BCUT2D eigenvalue weighted by atomic mass is 16.5. The minimum Gasteiger partial charge on any atom is -0.460 e. The fraction of sp³-hybridized carbons (Fsp3) is 0.588. The van der Waals surface area contributed by atoms with Gasteiger partial charge in [0.1, 0.15) is 12.6 Å². The van der Waals surface area contributed by atoms with Crippen LogP contribution in [0.2, 0.25) is 0 Å². The summed E-state index contributed by atoms with van der Waals surface area (Å²) in [6.07, 6.45) is 7.16. The Morgan fingerprint density at radius 1 is 1.10 bits per heavy atom. The second-order valence-corrected chi connectivity index (χ2v) is 6.04. The number of ether oxygens (including phenoxy) is 1. The lowest BCUT2D eigenvalue weighted by Gasteiger charge is -2.21. The third-order valence-electron chi connectivity index (χ3n) is 4.65. The molecule has 0 unspecified atom stereocenters. The molecular weight excluding hydrogens is 250 g/mol. The van der Waals surface area contributed by atoms with E-state index in [0.717, 1.165) is 24.3 Å². The molecule has 108 valence electrons. The molecule has 0 aromatic heterocycles. The van der Waals surface area contributed by atoms with E-state index in [1.54, 1.807) is 0 Å². The molecule has 1 aromatic carbocycles. The number of esters is 1. The molecule has 2 fully saturated rings. The standard InChI is InChI=1S/C17H23NO2/c19-17(20-12-13-6-2-1-3-7-13)16-11-5-9-14-8-4-10-15(14)18-16/h1-3,6-7,14-16,18H,4-5,8-12H2/t14-,15+,16-/m0/s1. The smallest absolute Gasteiger partial charge is 0.323 e. The lowest BCUT2D eigenvalue weighted by molar-refractivity contribution is -0.147. The fourth-order valence-corrected chi connectivity index (χ4v) is 3.54. The minimum absolute atomic E-state index is 0.0820. The maximum absolute atomic E-state index is 12.2. The number of rotatable bonds is 3. The SMILES string of the molecule is O=C(OCc1ccccc1)[C@@H]1CCC[C@@H]2CCC[C@H]2N1. The fourth-order valence-electron chi connectivity index (χ4n) is 3.54. The molecule has 3 nitrogen and oxygen atoms in total. The van der Waals surface area contributed by atoms with Crippen molar-refractivity contribution in [2.75, 3.05) is 0 Å². The summed E-state index contributed by atoms with van der Waals surface area (Å²) in [4.78, 5) is 12.2. The van der Waals surface area contributed by atoms with Crippen LogP contribution in [0, 0.1) is 5.92 Å². The maximum atomic E-state index is 12.2. The zero-order chi connectivity index (χ0) is 13.8. The number of carbonyl (C=O) groups excluding carboxylic acids is 1. The van der Waals surface area contributed by atoms with Crippen LogP contribution >= 0.6 is 0 Å². The van der Waals surface area contributed by atoms with Crippen molar-refractivity contribution in [1.29, 1.82) is 0 Å². The van der Waals surface area contributed by atoms with Gasteiger partial charge in [-0.05, 0) is 37.2 Å². The largest absolute Gasteiger partial charge is 0.460 e. The van der Waals surface area contributed by atoms with E-state index in [-0.39, 0.29) is 12.0 Å². The zero-order valence-corrected chi connectivity index (χ0v) is 11.9. The molecule has 2 aliphatic rings. The van der Waals surface area contributed by atoms with Crippen molar-refractivity contribution in [3.05, 3.63) is 35.9 Å². The van der Waals surface area contributed by atoms with E-state index in [0.29, 0.717) is 12.6 Å². The summed E-state index contributed by atoms with van der Waals surface area (Å²) in [6.45, 7) is 0.381. The molecule has 3 atom stereocenters. The molecule has 0 amide bonds. The lowest BCUT2D eigenvalue weighted by Crippen LogP contribution is -2.43. The summed E-state index contributed by atoms with van der Waals surface area (Å²) in [7, 11) is 0. The van der Waals surface area contributed by atoms with Gasteiger partial charge in [-0.25, -0.2) is 0 Å². The highest BCUT2D eigenvalue weighted by Crippen LogP contribution is 2.32. The molecular formula is C17H23NO2. The van der Waals surface area contributed by atoms with Gasteiger partial charge in [0.05, 0.1) is 0 Å². The molecule has 1 saturated carbocycles. The van der Waals surface area contributed by atoms with Crippen LogP contribution in [-0.2, 0) is 16.1 Å². The Bertz CT molecular complexity index is 446. The summed E-state index contributed by atoms with van der Waals surface area (Å²) in [5.74, 6) is 0.698. The van der Waals surface area contributed by atoms with E-state index in [2.05, 4.69) is 5.32 Å². The van der Waals surface area contributed by atoms with Crippen molar-refractivity contribution in [3.63, 3.8) is 0 Å². The van der Waals surface area contributed by atoms with Gasteiger partial charge in [0.2, 0.25) is 0 Å². The van der Waals surface area contributed by atoms with Gasteiger partial charge in [0, 0.05) is 6.04 Å². The Hall–Kier alpha value is -1.35. The number of hydrogen-bond acceptors (Lipinski definition) is 3. The van der Waals surface area contributed by atoms with Crippen molar-refractivity contribution >= 4 is 5.97 Å². The molecule has 3 rings (SSSR count). The Morgan fingerprint density at radius 2 is 1.85 bits per heavy atom. The van der Waals surface area contributed by atoms with Gasteiger partial charge in [-0.2, -0.15) is 0 Å². The topological polar surface area (TPSA) is 38.3 Å². The molecule has 20 heavy (non-hydrogen) atoms. The maximum Gasteiger partial charge on any atom is 0.323 e. The number of carbonyl (C=O) groups is 1. The van der Waals surface area contributed by atoms with Crippen molar-refractivity contribution < 1.29 is 9.53 Å². The molecule has 1 aromatic rings. The van der Waals surface area contributed by atoms with Crippen LogP contribution in [0.25, 0.3) is 0 Å². The molecule has 1 aliphatic carbocycles. The Labute approximate surface area is 120 Å². The van der Waals surface area contributed by atoms with E-state index < -0.39 is 0 Å². The quantitative estimate of drug-likeness (QED) is 0.860. The van der Waals surface area contributed by atoms with Crippen LogP contribution in [0.4, 0.5) is 0 Å². The van der Waals surface area contributed by atoms with Crippen LogP contribution in [-0.4, -0.2) is 18.1 Å². The van der Waals surface area contributed by atoms with Crippen LogP contribution in [0.1, 0.15) is 44.1 Å². The summed E-state index contributed by atoms with van der Waals surface area (Å²) in [5, 5.41) is 3.54. The molecule has 1 N–H and O–H groups in total. The average molecular weight is 273 g/mol. The van der Waals surface area contributed by atoms with Gasteiger partial charge < -0.3 is 10.1 Å². The first-order valence-corrected chi connectivity index (χ1v) is 7.79. The Balaban J connectivity index is 1.54. The van der Waals surface area contributed by atoms with Crippen LogP contribution in [0.5, 0.6) is 0 Å². The monoisotopic (exact) mass is 273 g/mol. The van der Waals surface area contributed by atoms with Gasteiger partial charge >= 0.3 is 5.97 Å².